The summed E-state index contributed by atoms with van der Waals surface area (Å²) in [5, 5.41) is 21.7. The lowest BCUT2D eigenvalue weighted by Gasteiger charge is -2.06. The van der Waals surface area contributed by atoms with Gasteiger partial charge in [0.25, 0.3) is 11.6 Å². The zero-order valence-electron chi connectivity index (χ0n) is 12.4. The molecule has 0 aliphatic carbocycles. The molecule has 2 heterocycles. The molecule has 8 heteroatoms. The molecular formula is C16H12N4O4. The van der Waals surface area contributed by atoms with Gasteiger partial charge >= 0.3 is 0 Å². The highest BCUT2D eigenvalue weighted by molar-refractivity contribution is 5.96. The number of aromatic nitrogens is 1. The van der Waals surface area contributed by atoms with Gasteiger partial charge in [-0.2, -0.15) is 0 Å². The maximum absolute atomic E-state index is 12.3. The molecule has 120 valence electrons. The molecule has 3 aromatic rings. The molecule has 0 saturated heterocycles. The van der Waals surface area contributed by atoms with Gasteiger partial charge in [0.15, 0.2) is 0 Å². The molecule has 0 aliphatic heterocycles. The SMILES string of the molecule is N=c1oc2ccc([N+](=O)[O-])cc2cc1C(=O)NCc1cccnc1. The van der Waals surface area contributed by atoms with Crippen molar-refractivity contribution in [1.29, 1.82) is 5.41 Å². The van der Waals surface area contributed by atoms with Crippen LogP contribution < -0.4 is 10.9 Å². The van der Waals surface area contributed by atoms with E-state index in [9.17, 15) is 14.9 Å². The van der Waals surface area contributed by atoms with Crippen molar-refractivity contribution < 1.29 is 14.1 Å². The van der Waals surface area contributed by atoms with E-state index < -0.39 is 10.8 Å². The van der Waals surface area contributed by atoms with E-state index in [-0.39, 0.29) is 23.3 Å². The molecule has 2 aromatic heterocycles. The van der Waals surface area contributed by atoms with Crippen molar-refractivity contribution in [3.63, 3.8) is 0 Å². The minimum absolute atomic E-state index is 0.00638. The molecular weight excluding hydrogens is 312 g/mol. The number of carbonyl (C=O) groups excluding carboxylic acids is 1. The molecule has 1 aromatic carbocycles. The predicted molar refractivity (Wildman–Crippen MR) is 84.1 cm³/mol. The molecule has 24 heavy (non-hydrogen) atoms. The van der Waals surface area contributed by atoms with Crippen molar-refractivity contribution in [2.24, 2.45) is 0 Å². The van der Waals surface area contributed by atoms with Crippen LogP contribution in [0.1, 0.15) is 15.9 Å². The molecule has 2 N–H and O–H groups in total. The van der Waals surface area contributed by atoms with Crippen LogP contribution in [0.4, 0.5) is 5.69 Å². The van der Waals surface area contributed by atoms with E-state index in [1.165, 1.54) is 24.3 Å². The summed E-state index contributed by atoms with van der Waals surface area (Å²) >= 11 is 0. The Hall–Kier alpha value is -3.55. The van der Waals surface area contributed by atoms with Crippen LogP contribution in [0.2, 0.25) is 0 Å². The quantitative estimate of drug-likeness (QED) is 0.562. The number of amides is 1. The Kier molecular flexibility index (Phi) is 4.02. The molecule has 0 unspecified atom stereocenters. The standard InChI is InChI=1S/C16H12N4O4/c17-15-13(16(21)19-9-10-2-1-5-18-8-10)7-11-6-12(20(22)23)3-4-14(11)24-15/h1-8,17H,9H2,(H,19,21). The number of hydrogen-bond donors (Lipinski definition) is 2. The Balaban J connectivity index is 1.90. The fraction of sp³-hybridized carbons (Fsp3) is 0.0625. The monoisotopic (exact) mass is 324 g/mol. The van der Waals surface area contributed by atoms with Crippen molar-refractivity contribution in [3.05, 3.63) is 75.6 Å². The summed E-state index contributed by atoms with van der Waals surface area (Å²) in [6.45, 7) is 0.249. The van der Waals surface area contributed by atoms with E-state index in [0.29, 0.717) is 11.0 Å². The van der Waals surface area contributed by atoms with E-state index in [2.05, 4.69) is 10.3 Å². The second kappa shape index (κ2) is 6.29. The van der Waals surface area contributed by atoms with Crippen LogP contribution in [-0.4, -0.2) is 15.8 Å². The van der Waals surface area contributed by atoms with Gasteiger partial charge in [0.1, 0.15) is 11.1 Å². The molecule has 0 aliphatic rings. The van der Waals surface area contributed by atoms with Gasteiger partial charge in [-0.3, -0.25) is 25.3 Å². The number of carbonyl (C=O) groups is 1. The van der Waals surface area contributed by atoms with Gasteiger partial charge in [0, 0.05) is 36.5 Å². The lowest BCUT2D eigenvalue weighted by Crippen LogP contribution is -2.27. The van der Waals surface area contributed by atoms with Crippen LogP contribution in [0.15, 0.2) is 53.2 Å². The van der Waals surface area contributed by atoms with E-state index in [0.717, 1.165) is 5.56 Å². The van der Waals surface area contributed by atoms with Crippen LogP contribution in [0.5, 0.6) is 0 Å². The highest BCUT2D eigenvalue weighted by atomic mass is 16.6. The van der Waals surface area contributed by atoms with Crippen LogP contribution >= 0.6 is 0 Å². The van der Waals surface area contributed by atoms with Crippen molar-refractivity contribution in [2.45, 2.75) is 6.54 Å². The van der Waals surface area contributed by atoms with Crippen LogP contribution in [0.3, 0.4) is 0 Å². The maximum atomic E-state index is 12.3. The van der Waals surface area contributed by atoms with Crippen LogP contribution in [-0.2, 0) is 6.54 Å². The zero-order chi connectivity index (χ0) is 17.1. The second-order valence-corrected chi connectivity index (χ2v) is 5.01. The summed E-state index contributed by atoms with van der Waals surface area (Å²) in [4.78, 5) is 26.5. The molecule has 0 spiro atoms. The minimum atomic E-state index is -0.532. The Labute approximate surface area is 135 Å². The van der Waals surface area contributed by atoms with E-state index in [1.54, 1.807) is 18.5 Å². The first-order chi connectivity index (χ1) is 11.5. The Morgan fingerprint density at radius 1 is 1.33 bits per heavy atom. The zero-order valence-corrected chi connectivity index (χ0v) is 12.4. The van der Waals surface area contributed by atoms with Gasteiger partial charge in [-0.05, 0) is 23.8 Å². The molecule has 1 amide bonds. The number of nitro groups is 1. The Morgan fingerprint density at radius 2 is 2.17 bits per heavy atom. The van der Waals surface area contributed by atoms with Gasteiger partial charge in [-0.15, -0.1) is 0 Å². The number of rotatable bonds is 4. The van der Waals surface area contributed by atoms with E-state index in [4.69, 9.17) is 9.83 Å². The molecule has 0 radical (unpaired) electrons. The lowest BCUT2D eigenvalue weighted by molar-refractivity contribution is -0.384. The fourth-order valence-electron chi connectivity index (χ4n) is 2.19. The average molecular weight is 324 g/mol. The van der Waals surface area contributed by atoms with E-state index >= 15 is 0 Å². The third-order valence-electron chi connectivity index (χ3n) is 3.38. The van der Waals surface area contributed by atoms with Gasteiger partial charge in [-0.1, -0.05) is 6.07 Å². The fourth-order valence-corrected chi connectivity index (χ4v) is 2.19. The van der Waals surface area contributed by atoms with E-state index in [1.807, 2.05) is 6.07 Å². The molecule has 0 atom stereocenters. The summed E-state index contributed by atoms with van der Waals surface area (Å²) in [5.41, 5.74) is 0.698. The number of fused-ring (bicyclic) bond motifs is 1. The minimum Gasteiger partial charge on any atom is -0.438 e. The molecule has 0 bridgehead atoms. The Morgan fingerprint density at radius 3 is 2.88 bits per heavy atom. The number of nitro benzene ring substituents is 1. The van der Waals surface area contributed by atoms with Gasteiger partial charge in [0.2, 0.25) is 5.55 Å². The predicted octanol–water partition coefficient (Wildman–Crippen LogP) is 2.15. The number of non-ortho nitro benzene ring substituents is 1. The third-order valence-corrected chi connectivity index (χ3v) is 3.38. The average Bonchev–Trinajstić information content (AvgIpc) is 2.59. The highest BCUT2D eigenvalue weighted by Crippen LogP contribution is 2.20. The number of hydrogen-bond acceptors (Lipinski definition) is 6. The number of nitrogens with zero attached hydrogens (tertiary/aromatic N) is 2. The first-order valence-electron chi connectivity index (χ1n) is 6.98. The largest absolute Gasteiger partial charge is 0.438 e. The van der Waals surface area contributed by atoms with Gasteiger partial charge in [-0.25, -0.2) is 0 Å². The molecule has 0 fully saturated rings. The molecule has 0 saturated carbocycles. The summed E-state index contributed by atoms with van der Waals surface area (Å²) in [6, 6.07) is 8.96. The summed E-state index contributed by atoms with van der Waals surface area (Å²) < 4.78 is 5.27. The van der Waals surface area contributed by atoms with Gasteiger partial charge in [0.05, 0.1) is 4.92 Å². The lowest BCUT2D eigenvalue weighted by atomic mass is 10.1. The maximum Gasteiger partial charge on any atom is 0.270 e. The summed E-state index contributed by atoms with van der Waals surface area (Å²) in [7, 11) is 0. The van der Waals surface area contributed by atoms with Crippen molar-refractivity contribution in [1.82, 2.24) is 10.3 Å². The molecule has 8 nitrogen and oxygen atoms in total. The van der Waals surface area contributed by atoms with Gasteiger partial charge < -0.3 is 9.73 Å². The first kappa shape index (κ1) is 15.3. The van der Waals surface area contributed by atoms with Crippen LogP contribution in [0.25, 0.3) is 11.0 Å². The number of pyridine rings is 1. The molecule has 3 rings (SSSR count). The topological polar surface area (TPSA) is 122 Å². The van der Waals surface area contributed by atoms with Crippen molar-refractivity contribution >= 4 is 22.6 Å². The van der Waals surface area contributed by atoms with Crippen molar-refractivity contribution in [3.8, 4) is 0 Å². The third kappa shape index (κ3) is 3.12. The first-order valence-corrected chi connectivity index (χ1v) is 6.98. The van der Waals surface area contributed by atoms with Crippen LogP contribution in [0, 0.1) is 15.5 Å². The van der Waals surface area contributed by atoms with Crippen molar-refractivity contribution in [2.75, 3.05) is 0 Å². The highest BCUT2D eigenvalue weighted by Gasteiger charge is 2.14. The summed E-state index contributed by atoms with van der Waals surface area (Å²) in [5.74, 6) is -0.499. The smallest absolute Gasteiger partial charge is 0.270 e. The second-order valence-electron chi connectivity index (χ2n) is 5.01. The normalized spacial score (nSPS) is 10.5. The summed E-state index contributed by atoms with van der Waals surface area (Å²) in [6.07, 6.45) is 3.25. The Bertz CT molecular complexity index is 982. The number of nitrogens with one attached hydrogen (secondary N) is 2. The number of benzene rings is 1.